The van der Waals surface area contributed by atoms with Crippen molar-refractivity contribution in [2.24, 2.45) is 17.3 Å². The minimum Gasteiger partial charge on any atom is -0.465 e. The maximum Gasteiger partial charge on any atom is 0.340 e. The number of hydrogen-bond donors (Lipinski definition) is 1. The number of pyridine rings is 1. The number of fused-ring (bicyclic) bond motifs is 5. The van der Waals surface area contributed by atoms with Gasteiger partial charge in [0.1, 0.15) is 42.0 Å². The molecule has 318 valence electrons. The van der Waals surface area contributed by atoms with Gasteiger partial charge < -0.3 is 47.7 Å². The van der Waals surface area contributed by atoms with E-state index < -0.39 is 132 Å². The number of hydrogen-bond acceptors (Lipinski definition) is 19. The summed E-state index contributed by atoms with van der Waals surface area (Å²) in [4.78, 5) is 111. The van der Waals surface area contributed by atoms with Crippen LogP contribution in [0.4, 0.5) is 0 Å². The molecular formula is C39H49NO18. The van der Waals surface area contributed by atoms with Crippen molar-refractivity contribution in [3.05, 3.63) is 29.6 Å². The van der Waals surface area contributed by atoms with Crippen molar-refractivity contribution in [2.75, 3.05) is 13.2 Å². The molecule has 0 amide bonds. The van der Waals surface area contributed by atoms with Gasteiger partial charge in [-0.1, -0.05) is 6.92 Å². The molecule has 0 aromatic carbocycles. The second-order valence-electron chi connectivity index (χ2n) is 15.6. The molecule has 3 fully saturated rings. The van der Waals surface area contributed by atoms with Crippen molar-refractivity contribution in [3.63, 3.8) is 0 Å². The molecule has 1 spiro atoms. The van der Waals surface area contributed by atoms with E-state index in [0.29, 0.717) is 12.1 Å². The number of nitrogens with zero attached hydrogens (tertiary/aromatic N) is 1. The molecule has 12 unspecified atom stereocenters. The van der Waals surface area contributed by atoms with Crippen LogP contribution in [0.3, 0.4) is 0 Å². The maximum atomic E-state index is 14.1. The molecule has 5 rings (SSSR count). The number of aryl methyl sites for hydroxylation is 1. The normalized spacial score (nSPS) is 36.9. The van der Waals surface area contributed by atoms with Crippen molar-refractivity contribution in [3.8, 4) is 0 Å². The first-order chi connectivity index (χ1) is 27.0. The van der Waals surface area contributed by atoms with Crippen LogP contribution in [0.15, 0.2) is 18.3 Å². The lowest BCUT2D eigenvalue weighted by molar-refractivity contribution is -0.386. The molecule has 58 heavy (non-hydrogen) atoms. The molecule has 1 aromatic rings. The van der Waals surface area contributed by atoms with E-state index >= 15 is 0 Å². The molecule has 0 radical (unpaired) electrons. The molecule has 2 aliphatic heterocycles. The summed E-state index contributed by atoms with van der Waals surface area (Å²) in [5.41, 5.74) is -9.75. The predicted molar refractivity (Wildman–Crippen MR) is 190 cm³/mol. The maximum absolute atomic E-state index is 14.1. The Hall–Kier alpha value is -5.17. The summed E-state index contributed by atoms with van der Waals surface area (Å²) in [5, 5.41) is 13.4. The summed E-state index contributed by atoms with van der Waals surface area (Å²) in [6.07, 6.45) is -9.67. The number of carbonyl (C=O) groups excluding carboxylic acids is 8. The lowest BCUT2D eigenvalue weighted by atomic mass is 9.45. The summed E-state index contributed by atoms with van der Waals surface area (Å²) in [7, 11) is 0. The zero-order chi connectivity index (χ0) is 43.1. The molecule has 12 atom stereocenters. The molecule has 2 saturated carbocycles. The van der Waals surface area contributed by atoms with Gasteiger partial charge in [0.05, 0.1) is 23.1 Å². The van der Waals surface area contributed by atoms with Crippen LogP contribution in [0, 0.1) is 17.3 Å². The average molecular weight is 820 g/mol. The van der Waals surface area contributed by atoms with E-state index in [-0.39, 0.29) is 18.4 Å². The molecule has 4 bridgehead atoms. The average Bonchev–Trinajstić information content (AvgIpc) is 3.33. The fourth-order valence-electron chi connectivity index (χ4n) is 9.38. The smallest absolute Gasteiger partial charge is 0.340 e. The second-order valence-corrected chi connectivity index (χ2v) is 15.6. The van der Waals surface area contributed by atoms with Crippen LogP contribution in [-0.4, -0.2) is 124 Å². The zero-order valence-electron chi connectivity index (χ0n) is 33.7. The van der Waals surface area contributed by atoms with Crippen LogP contribution < -0.4 is 0 Å². The third-order valence-corrected chi connectivity index (χ3v) is 11.4. The SMILES string of the molecule is CC(=O)OCC12C(OC(C)=O)C(OC(C)=O)C3C(OC(C)=O)C14OC3(C)COC(=O)c1cccnc1CCCC(C)C(=O)OC(C(OC(C)=O)C2OC(C)=O)C4(C)O. The molecule has 1 saturated heterocycles. The van der Waals surface area contributed by atoms with Gasteiger partial charge in [-0.05, 0) is 45.2 Å². The van der Waals surface area contributed by atoms with E-state index in [1.54, 1.807) is 0 Å². The van der Waals surface area contributed by atoms with E-state index in [1.165, 1.54) is 32.2 Å². The fourth-order valence-corrected chi connectivity index (χ4v) is 9.38. The molecule has 19 nitrogen and oxygen atoms in total. The van der Waals surface area contributed by atoms with Crippen LogP contribution in [0.1, 0.15) is 91.2 Å². The minimum absolute atomic E-state index is 0.0755. The Labute approximate surface area is 333 Å². The quantitative estimate of drug-likeness (QED) is 0.300. The standard InChI is InChI=1S/C39H49NO18/c1-18-12-10-14-26-25(13-11-15-40-26)35(48)51-16-36(8)27-28(52-20(3)42)32(55-23(6)45)38(17-50-19(2)41)33(56-24(7)46)29(53-21(4)43)31(57-34(18)47)37(9,49)39(38,58-36)30(27)54-22(5)44/h11,13,15,18,27-33,49H,10,12,14,16-17H2,1-9H3. The van der Waals surface area contributed by atoms with Crippen LogP contribution in [0.25, 0.3) is 0 Å². The molecule has 3 heterocycles. The van der Waals surface area contributed by atoms with E-state index in [2.05, 4.69) is 4.98 Å². The first-order valence-electron chi connectivity index (χ1n) is 18.8. The predicted octanol–water partition coefficient (Wildman–Crippen LogP) is 1.25. The first kappa shape index (κ1) is 43.9. The highest BCUT2D eigenvalue weighted by Gasteiger charge is 2.92. The fraction of sp³-hybridized carbons (Fsp3) is 0.667. The summed E-state index contributed by atoms with van der Waals surface area (Å²) in [6.45, 7) is 8.22. The number of esters is 8. The van der Waals surface area contributed by atoms with Crippen molar-refractivity contribution < 1.29 is 86.1 Å². The van der Waals surface area contributed by atoms with E-state index in [4.69, 9.17) is 42.6 Å². The largest absolute Gasteiger partial charge is 0.465 e. The highest BCUT2D eigenvalue weighted by molar-refractivity contribution is 5.90. The van der Waals surface area contributed by atoms with Crippen LogP contribution in [0.5, 0.6) is 0 Å². The Morgan fingerprint density at radius 3 is 1.93 bits per heavy atom. The Kier molecular flexibility index (Phi) is 12.3. The van der Waals surface area contributed by atoms with E-state index in [9.17, 15) is 43.5 Å². The highest BCUT2D eigenvalue weighted by atomic mass is 16.7. The van der Waals surface area contributed by atoms with Gasteiger partial charge >= 0.3 is 47.8 Å². The van der Waals surface area contributed by atoms with Gasteiger partial charge in [0, 0.05) is 47.7 Å². The Morgan fingerprint density at radius 2 is 1.36 bits per heavy atom. The van der Waals surface area contributed by atoms with E-state index in [0.717, 1.165) is 48.5 Å². The molecule has 1 N–H and O–H groups in total. The summed E-state index contributed by atoms with van der Waals surface area (Å²) in [6, 6.07) is 3.01. The third kappa shape index (κ3) is 7.49. The minimum atomic E-state index is -2.80. The second kappa shape index (κ2) is 16.2. The lowest BCUT2D eigenvalue weighted by Crippen LogP contribution is -2.89. The van der Waals surface area contributed by atoms with Gasteiger partial charge in [-0.15, -0.1) is 0 Å². The number of aromatic nitrogens is 1. The van der Waals surface area contributed by atoms with Crippen molar-refractivity contribution >= 4 is 47.8 Å². The molecule has 4 aliphatic rings. The Bertz CT molecular complexity index is 1860. The van der Waals surface area contributed by atoms with Gasteiger partial charge in [0.25, 0.3) is 0 Å². The number of aliphatic hydroxyl groups is 1. The van der Waals surface area contributed by atoms with E-state index in [1.807, 2.05) is 0 Å². The van der Waals surface area contributed by atoms with Crippen LogP contribution in [0.2, 0.25) is 0 Å². The summed E-state index contributed by atoms with van der Waals surface area (Å²) >= 11 is 0. The van der Waals surface area contributed by atoms with Crippen molar-refractivity contribution in [2.45, 2.75) is 135 Å². The summed E-state index contributed by atoms with van der Waals surface area (Å²) < 4.78 is 54.4. The van der Waals surface area contributed by atoms with Gasteiger partial charge in [-0.2, -0.15) is 0 Å². The third-order valence-electron chi connectivity index (χ3n) is 11.4. The molecule has 2 aliphatic carbocycles. The van der Waals surface area contributed by atoms with Gasteiger partial charge in [-0.3, -0.25) is 38.5 Å². The van der Waals surface area contributed by atoms with Gasteiger partial charge in [-0.25, -0.2) is 4.79 Å². The Balaban J connectivity index is 1.98. The Morgan fingerprint density at radius 1 is 0.810 bits per heavy atom. The van der Waals surface area contributed by atoms with Gasteiger partial charge in [0.2, 0.25) is 0 Å². The number of rotatable bonds is 7. The summed E-state index contributed by atoms with van der Waals surface area (Å²) in [5.74, 6) is -10.3. The van der Waals surface area contributed by atoms with Crippen molar-refractivity contribution in [1.82, 2.24) is 4.98 Å². The van der Waals surface area contributed by atoms with Crippen LogP contribution >= 0.6 is 0 Å². The zero-order valence-corrected chi connectivity index (χ0v) is 33.7. The monoisotopic (exact) mass is 819 g/mol. The molecule has 1 aromatic heterocycles. The molecular weight excluding hydrogens is 770 g/mol. The van der Waals surface area contributed by atoms with Gasteiger partial charge in [0.15, 0.2) is 30.0 Å². The first-order valence-corrected chi connectivity index (χ1v) is 18.8. The number of carbonyl (C=O) groups is 8. The number of ether oxygens (including phenoxy) is 9. The lowest BCUT2D eigenvalue weighted by Gasteiger charge is -2.67. The van der Waals surface area contributed by atoms with Crippen molar-refractivity contribution in [1.29, 1.82) is 0 Å². The van der Waals surface area contributed by atoms with Crippen LogP contribution in [-0.2, 0) is 82.6 Å². The molecule has 19 heteroatoms. The highest BCUT2D eigenvalue weighted by Crippen LogP contribution is 2.70. The number of cyclic esters (lactones) is 1. The topological polar surface area (TPSA) is 253 Å².